The first kappa shape index (κ1) is 11.7. The first-order chi connectivity index (χ1) is 8.20. The second-order valence-electron chi connectivity index (χ2n) is 4.31. The van der Waals surface area contributed by atoms with Gasteiger partial charge in [-0.05, 0) is 38.6 Å². The van der Waals surface area contributed by atoms with E-state index in [2.05, 4.69) is 47.3 Å². The molecule has 0 radical (unpaired) electrons. The second kappa shape index (κ2) is 5.06. The number of hydrogen-bond donors (Lipinski definition) is 1. The van der Waals surface area contributed by atoms with Gasteiger partial charge in [0.2, 0.25) is 0 Å². The lowest BCUT2D eigenvalue weighted by Crippen LogP contribution is -2.14. The van der Waals surface area contributed by atoms with Crippen LogP contribution in [0.4, 0.5) is 0 Å². The Balaban J connectivity index is 2.44. The van der Waals surface area contributed by atoms with Crippen LogP contribution in [-0.2, 0) is 0 Å². The van der Waals surface area contributed by atoms with Crippen molar-refractivity contribution < 1.29 is 0 Å². The molecule has 1 aromatic heterocycles. The predicted octanol–water partition coefficient (Wildman–Crippen LogP) is 2.86. The second-order valence-corrected chi connectivity index (χ2v) is 4.31. The topological polar surface area (TPSA) is 37.8 Å². The van der Waals surface area contributed by atoms with E-state index in [0.717, 1.165) is 11.0 Å². The van der Waals surface area contributed by atoms with Crippen molar-refractivity contribution in [1.29, 1.82) is 0 Å². The minimum atomic E-state index is 0.228. The molecular weight excluding hydrogens is 210 g/mol. The molecule has 0 spiro atoms. The molecule has 1 N–H and O–H groups in total. The van der Waals surface area contributed by atoms with Crippen LogP contribution in [-0.4, -0.2) is 17.0 Å². The van der Waals surface area contributed by atoms with E-state index in [9.17, 15) is 0 Å². The number of fused-ring (bicyclic) bond motifs is 1. The van der Waals surface area contributed by atoms with Gasteiger partial charge < -0.3 is 5.32 Å². The molecule has 2 aromatic rings. The SMILES string of the molecule is CNC(C=C(C)C)c1ccc2nccnc2c1. The minimum Gasteiger partial charge on any atom is -0.310 e. The standard InChI is InChI=1S/C14H17N3/c1-10(2)8-13(15-3)11-4-5-12-14(9-11)17-7-6-16-12/h4-9,13,15H,1-3H3. The van der Waals surface area contributed by atoms with E-state index < -0.39 is 0 Å². The van der Waals surface area contributed by atoms with E-state index in [1.165, 1.54) is 11.1 Å². The summed E-state index contributed by atoms with van der Waals surface area (Å²) in [4.78, 5) is 8.60. The molecule has 88 valence electrons. The van der Waals surface area contributed by atoms with E-state index in [0.29, 0.717) is 0 Å². The predicted molar refractivity (Wildman–Crippen MR) is 70.8 cm³/mol. The molecule has 1 atom stereocenters. The molecule has 17 heavy (non-hydrogen) atoms. The van der Waals surface area contributed by atoms with E-state index in [4.69, 9.17) is 0 Å². The molecule has 0 aliphatic carbocycles. The summed E-state index contributed by atoms with van der Waals surface area (Å²) in [6.45, 7) is 4.20. The third-order valence-corrected chi connectivity index (χ3v) is 2.66. The Morgan fingerprint density at radius 1 is 1.18 bits per heavy atom. The number of likely N-dealkylation sites (N-methyl/N-ethyl adjacent to an activating group) is 1. The van der Waals surface area contributed by atoms with E-state index in [-0.39, 0.29) is 6.04 Å². The zero-order valence-electron chi connectivity index (χ0n) is 10.4. The number of hydrogen-bond acceptors (Lipinski definition) is 3. The zero-order valence-corrected chi connectivity index (χ0v) is 10.4. The average molecular weight is 227 g/mol. The van der Waals surface area contributed by atoms with Crippen LogP contribution in [0.3, 0.4) is 0 Å². The van der Waals surface area contributed by atoms with Gasteiger partial charge in [0, 0.05) is 12.4 Å². The van der Waals surface area contributed by atoms with Gasteiger partial charge in [-0.15, -0.1) is 0 Å². The van der Waals surface area contributed by atoms with Crippen LogP contribution in [0, 0.1) is 0 Å². The van der Waals surface area contributed by atoms with Crippen molar-refractivity contribution in [3.63, 3.8) is 0 Å². The number of aromatic nitrogens is 2. The number of nitrogens with one attached hydrogen (secondary N) is 1. The number of allylic oxidation sites excluding steroid dienone is 1. The van der Waals surface area contributed by atoms with Gasteiger partial charge in [0.1, 0.15) is 0 Å². The Hall–Kier alpha value is -1.74. The van der Waals surface area contributed by atoms with Gasteiger partial charge >= 0.3 is 0 Å². The summed E-state index contributed by atoms with van der Waals surface area (Å²) >= 11 is 0. The summed E-state index contributed by atoms with van der Waals surface area (Å²) in [5.74, 6) is 0. The molecule has 1 unspecified atom stereocenters. The summed E-state index contributed by atoms with van der Waals surface area (Å²) in [6.07, 6.45) is 5.65. The third-order valence-electron chi connectivity index (χ3n) is 2.66. The molecule has 1 heterocycles. The maximum atomic E-state index is 4.33. The zero-order chi connectivity index (χ0) is 12.3. The van der Waals surface area contributed by atoms with Crippen LogP contribution in [0.5, 0.6) is 0 Å². The average Bonchev–Trinajstić information content (AvgIpc) is 2.35. The summed E-state index contributed by atoms with van der Waals surface area (Å²) in [5.41, 5.74) is 4.38. The van der Waals surface area contributed by atoms with Gasteiger partial charge in [0.25, 0.3) is 0 Å². The Kier molecular flexibility index (Phi) is 3.49. The Bertz CT molecular complexity index is 542. The van der Waals surface area contributed by atoms with Crippen LogP contribution in [0.15, 0.2) is 42.2 Å². The van der Waals surface area contributed by atoms with Crippen molar-refractivity contribution >= 4 is 11.0 Å². The van der Waals surface area contributed by atoms with Crippen LogP contribution in [0.25, 0.3) is 11.0 Å². The number of rotatable bonds is 3. The molecule has 0 aliphatic heterocycles. The van der Waals surface area contributed by atoms with Crippen LogP contribution in [0.2, 0.25) is 0 Å². The molecule has 0 bridgehead atoms. The highest BCUT2D eigenvalue weighted by Crippen LogP contribution is 2.19. The molecule has 2 rings (SSSR count). The lowest BCUT2D eigenvalue weighted by Gasteiger charge is -2.13. The number of benzene rings is 1. The maximum absolute atomic E-state index is 4.33. The van der Waals surface area contributed by atoms with Gasteiger partial charge in [0.05, 0.1) is 17.1 Å². The fourth-order valence-corrected chi connectivity index (χ4v) is 1.85. The summed E-state index contributed by atoms with van der Waals surface area (Å²) in [5, 5.41) is 3.29. The molecule has 1 aromatic carbocycles. The summed E-state index contributed by atoms with van der Waals surface area (Å²) < 4.78 is 0. The quantitative estimate of drug-likeness (QED) is 0.819. The first-order valence-electron chi connectivity index (χ1n) is 5.73. The maximum Gasteiger partial charge on any atom is 0.0890 e. The van der Waals surface area contributed by atoms with Gasteiger partial charge in [-0.3, -0.25) is 9.97 Å². The fourth-order valence-electron chi connectivity index (χ4n) is 1.85. The van der Waals surface area contributed by atoms with E-state index in [1.807, 2.05) is 13.1 Å². The van der Waals surface area contributed by atoms with Crippen molar-refractivity contribution in [3.05, 3.63) is 47.8 Å². The fraction of sp³-hybridized carbons (Fsp3) is 0.286. The lowest BCUT2D eigenvalue weighted by molar-refractivity contribution is 0.710. The summed E-state index contributed by atoms with van der Waals surface area (Å²) in [7, 11) is 1.96. The molecule has 3 heteroatoms. The summed E-state index contributed by atoms with van der Waals surface area (Å²) in [6, 6.07) is 6.42. The van der Waals surface area contributed by atoms with E-state index >= 15 is 0 Å². The Labute approximate surface area is 102 Å². The highest BCUT2D eigenvalue weighted by Gasteiger charge is 2.07. The van der Waals surface area contributed by atoms with Crippen LogP contribution >= 0.6 is 0 Å². The van der Waals surface area contributed by atoms with E-state index in [1.54, 1.807) is 12.4 Å². The molecule has 0 aliphatic rings. The monoisotopic (exact) mass is 227 g/mol. The van der Waals surface area contributed by atoms with Gasteiger partial charge in [-0.2, -0.15) is 0 Å². The molecule has 0 amide bonds. The van der Waals surface area contributed by atoms with Gasteiger partial charge in [-0.25, -0.2) is 0 Å². The molecule has 3 nitrogen and oxygen atoms in total. The molecule has 0 fully saturated rings. The first-order valence-corrected chi connectivity index (χ1v) is 5.73. The van der Waals surface area contributed by atoms with Gasteiger partial charge in [-0.1, -0.05) is 17.7 Å². The lowest BCUT2D eigenvalue weighted by atomic mass is 10.0. The molecule has 0 saturated carbocycles. The Morgan fingerprint density at radius 2 is 1.88 bits per heavy atom. The molecular formula is C14H17N3. The Morgan fingerprint density at radius 3 is 2.53 bits per heavy atom. The highest BCUT2D eigenvalue weighted by molar-refractivity contribution is 5.74. The van der Waals surface area contributed by atoms with Crippen molar-refractivity contribution in [3.8, 4) is 0 Å². The van der Waals surface area contributed by atoms with Crippen molar-refractivity contribution in [2.24, 2.45) is 0 Å². The smallest absolute Gasteiger partial charge is 0.0890 e. The van der Waals surface area contributed by atoms with Crippen molar-refractivity contribution in [2.75, 3.05) is 7.05 Å². The third kappa shape index (κ3) is 2.68. The minimum absolute atomic E-state index is 0.228. The van der Waals surface area contributed by atoms with Crippen LogP contribution in [0.1, 0.15) is 25.5 Å². The van der Waals surface area contributed by atoms with Crippen LogP contribution < -0.4 is 5.32 Å². The highest BCUT2D eigenvalue weighted by atomic mass is 14.9. The largest absolute Gasteiger partial charge is 0.310 e. The van der Waals surface area contributed by atoms with Gasteiger partial charge in [0.15, 0.2) is 0 Å². The van der Waals surface area contributed by atoms with Crippen molar-refractivity contribution in [1.82, 2.24) is 15.3 Å². The number of nitrogens with zero attached hydrogens (tertiary/aromatic N) is 2. The normalized spacial score (nSPS) is 12.4. The van der Waals surface area contributed by atoms with Crippen molar-refractivity contribution in [2.45, 2.75) is 19.9 Å². The molecule has 0 saturated heterocycles.